The summed E-state index contributed by atoms with van der Waals surface area (Å²) >= 11 is 0. The van der Waals surface area contributed by atoms with Crippen molar-refractivity contribution in [1.82, 2.24) is 35.3 Å². The van der Waals surface area contributed by atoms with Crippen LogP contribution >= 0.6 is 0 Å². The largest absolute Gasteiger partial charge is 0.486 e. The lowest BCUT2D eigenvalue weighted by Crippen LogP contribution is -2.23. The summed E-state index contributed by atoms with van der Waals surface area (Å²) in [5.74, 6) is 1.16. The summed E-state index contributed by atoms with van der Waals surface area (Å²) in [7, 11) is 1.89. The molecular weight excluding hydrogens is 358 g/mol. The molecular formula is C19H25N7O2. The number of aryl methyl sites for hydroxylation is 2. The summed E-state index contributed by atoms with van der Waals surface area (Å²) < 4.78 is 9.26. The number of aromatic nitrogens is 6. The molecule has 9 nitrogen and oxygen atoms in total. The second-order valence-corrected chi connectivity index (χ2v) is 6.90. The molecule has 0 saturated heterocycles. The van der Waals surface area contributed by atoms with Crippen molar-refractivity contribution >= 4 is 5.91 Å². The average Bonchev–Trinajstić information content (AvgIpc) is 3.24. The van der Waals surface area contributed by atoms with Gasteiger partial charge in [-0.3, -0.25) is 9.48 Å². The molecule has 0 aliphatic carbocycles. The van der Waals surface area contributed by atoms with Crippen LogP contribution in [0.1, 0.15) is 53.0 Å². The summed E-state index contributed by atoms with van der Waals surface area (Å²) in [5.41, 5.74) is 3.58. The first kappa shape index (κ1) is 19.5. The molecule has 2 aromatic heterocycles. The lowest BCUT2D eigenvalue weighted by Gasteiger charge is -2.10. The van der Waals surface area contributed by atoms with Crippen molar-refractivity contribution in [3.8, 4) is 5.75 Å². The van der Waals surface area contributed by atoms with Crippen LogP contribution in [0, 0.1) is 13.8 Å². The van der Waals surface area contributed by atoms with Crippen molar-refractivity contribution in [3.63, 3.8) is 0 Å². The van der Waals surface area contributed by atoms with E-state index in [2.05, 4.69) is 25.9 Å². The number of amides is 1. The monoisotopic (exact) mass is 383 g/mol. The van der Waals surface area contributed by atoms with Gasteiger partial charge in [-0.15, -0.1) is 5.10 Å². The number of nitrogens with one attached hydrogen (secondary N) is 1. The number of nitrogens with zero attached hydrogens (tertiary/aromatic N) is 6. The summed E-state index contributed by atoms with van der Waals surface area (Å²) in [6, 6.07) is 7.16. The molecule has 0 fully saturated rings. The standard InChI is InChI=1S/C19H25N7O2/c1-12(2)26-18(21-23-24-26)11-28-16-8-6-15(7-9-16)19(27)20-10-17-13(3)22-25(5)14(17)4/h6-9,12H,10-11H2,1-5H3,(H,20,27). The molecule has 0 bridgehead atoms. The predicted octanol–water partition coefficient (Wildman–Crippen LogP) is 2.11. The molecule has 1 amide bonds. The second-order valence-electron chi connectivity index (χ2n) is 6.90. The van der Waals surface area contributed by atoms with Gasteiger partial charge in [0.1, 0.15) is 12.4 Å². The van der Waals surface area contributed by atoms with Crippen LogP contribution in [0.3, 0.4) is 0 Å². The van der Waals surface area contributed by atoms with Gasteiger partial charge in [0.05, 0.1) is 11.7 Å². The van der Waals surface area contributed by atoms with Crippen molar-refractivity contribution in [1.29, 1.82) is 0 Å². The molecule has 0 aliphatic rings. The number of tetrazole rings is 1. The molecule has 148 valence electrons. The van der Waals surface area contributed by atoms with Gasteiger partial charge >= 0.3 is 0 Å². The molecule has 9 heteroatoms. The Morgan fingerprint density at radius 1 is 1.21 bits per heavy atom. The van der Waals surface area contributed by atoms with Crippen LogP contribution in [0.5, 0.6) is 5.75 Å². The predicted molar refractivity (Wildman–Crippen MR) is 103 cm³/mol. The van der Waals surface area contributed by atoms with E-state index in [4.69, 9.17) is 4.74 Å². The van der Waals surface area contributed by atoms with Gasteiger partial charge in [0.2, 0.25) is 0 Å². The van der Waals surface area contributed by atoms with E-state index in [0.29, 0.717) is 23.7 Å². The summed E-state index contributed by atoms with van der Waals surface area (Å²) in [6.07, 6.45) is 0. The minimum absolute atomic E-state index is 0.141. The van der Waals surface area contributed by atoms with Crippen molar-refractivity contribution in [2.24, 2.45) is 7.05 Å². The van der Waals surface area contributed by atoms with Gasteiger partial charge in [-0.05, 0) is 62.4 Å². The molecule has 0 unspecified atom stereocenters. The summed E-state index contributed by atoms with van der Waals surface area (Å²) in [4.78, 5) is 12.4. The van der Waals surface area contributed by atoms with Crippen LogP contribution in [-0.4, -0.2) is 35.9 Å². The Hall–Kier alpha value is -3.23. The molecule has 3 rings (SSSR count). The first-order chi connectivity index (χ1) is 13.4. The van der Waals surface area contributed by atoms with E-state index in [1.54, 1.807) is 28.9 Å². The van der Waals surface area contributed by atoms with Gasteiger partial charge in [-0.25, -0.2) is 4.68 Å². The Morgan fingerprint density at radius 3 is 2.54 bits per heavy atom. The Morgan fingerprint density at radius 2 is 1.93 bits per heavy atom. The third kappa shape index (κ3) is 4.19. The van der Waals surface area contributed by atoms with Gasteiger partial charge in [0, 0.05) is 30.4 Å². The average molecular weight is 383 g/mol. The number of rotatable bonds is 7. The smallest absolute Gasteiger partial charge is 0.251 e. The molecule has 0 radical (unpaired) electrons. The normalized spacial score (nSPS) is 11.1. The number of carbonyl (C=O) groups is 1. The quantitative estimate of drug-likeness (QED) is 0.671. The van der Waals surface area contributed by atoms with Gasteiger partial charge in [0.15, 0.2) is 5.82 Å². The number of hydrogen-bond acceptors (Lipinski definition) is 6. The molecule has 0 atom stereocenters. The van der Waals surface area contributed by atoms with Gasteiger partial charge in [0.25, 0.3) is 5.91 Å². The van der Waals surface area contributed by atoms with E-state index in [1.807, 2.05) is 39.4 Å². The molecule has 1 N–H and O–H groups in total. The third-order valence-corrected chi connectivity index (χ3v) is 4.62. The fraction of sp³-hybridized carbons (Fsp3) is 0.421. The maximum atomic E-state index is 12.4. The maximum absolute atomic E-state index is 12.4. The van der Waals surface area contributed by atoms with Crippen LogP contribution in [-0.2, 0) is 20.2 Å². The minimum atomic E-state index is -0.141. The highest BCUT2D eigenvalue weighted by Crippen LogP contribution is 2.15. The van der Waals surface area contributed by atoms with Crippen LogP contribution in [0.2, 0.25) is 0 Å². The molecule has 3 aromatic rings. The highest BCUT2D eigenvalue weighted by atomic mass is 16.5. The van der Waals surface area contributed by atoms with Crippen LogP contribution in [0.4, 0.5) is 0 Å². The third-order valence-electron chi connectivity index (χ3n) is 4.62. The fourth-order valence-corrected chi connectivity index (χ4v) is 2.90. The Bertz CT molecular complexity index is 957. The van der Waals surface area contributed by atoms with Gasteiger partial charge in [-0.2, -0.15) is 5.10 Å². The Labute approximate surface area is 163 Å². The van der Waals surface area contributed by atoms with E-state index < -0.39 is 0 Å². The van der Waals surface area contributed by atoms with E-state index in [-0.39, 0.29) is 18.6 Å². The van der Waals surface area contributed by atoms with Crippen molar-refractivity contribution in [3.05, 3.63) is 52.6 Å². The zero-order valence-corrected chi connectivity index (χ0v) is 16.8. The molecule has 0 saturated carbocycles. The highest BCUT2D eigenvalue weighted by molar-refractivity contribution is 5.94. The topological polar surface area (TPSA) is 99.8 Å². The SMILES string of the molecule is Cc1nn(C)c(C)c1CNC(=O)c1ccc(OCc2nnnn2C(C)C)cc1. The van der Waals surface area contributed by atoms with E-state index in [1.165, 1.54) is 0 Å². The lowest BCUT2D eigenvalue weighted by atomic mass is 10.1. The highest BCUT2D eigenvalue weighted by Gasteiger charge is 2.13. The van der Waals surface area contributed by atoms with Crippen molar-refractivity contribution in [2.45, 2.75) is 46.9 Å². The maximum Gasteiger partial charge on any atom is 0.251 e. The minimum Gasteiger partial charge on any atom is -0.486 e. The van der Waals surface area contributed by atoms with Crippen molar-refractivity contribution in [2.75, 3.05) is 0 Å². The Balaban J connectivity index is 1.57. The van der Waals surface area contributed by atoms with Crippen LogP contribution in [0.25, 0.3) is 0 Å². The molecule has 2 heterocycles. The summed E-state index contributed by atoms with van der Waals surface area (Å²) in [5, 5.41) is 18.9. The number of carbonyl (C=O) groups excluding carboxylic acids is 1. The molecule has 0 spiro atoms. The van der Waals surface area contributed by atoms with Gasteiger partial charge < -0.3 is 10.1 Å². The van der Waals surface area contributed by atoms with Gasteiger partial charge in [-0.1, -0.05) is 0 Å². The first-order valence-electron chi connectivity index (χ1n) is 9.13. The second kappa shape index (κ2) is 8.20. The zero-order valence-electron chi connectivity index (χ0n) is 16.8. The lowest BCUT2D eigenvalue weighted by molar-refractivity contribution is 0.0951. The fourth-order valence-electron chi connectivity index (χ4n) is 2.90. The number of ether oxygens (including phenoxy) is 1. The van der Waals surface area contributed by atoms with Crippen LogP contribution < -0.4 is 10.1 Å². The molecule has 0 aliphatic heterocycles. The van der Waals surface area contributed by atoms with E-state index >= 15 is 0 Å². The number of hydrogen-bond donors (Lipinski definition) is 1. The first-order valence-corrected chi connectivity index (χ1v) is 9.13. The van der Waals surface area contributed by atoms with Crippen LogP contribution in [0.15, 0.2) is 24.3 Å². The zero-order chi connectivity index (χ0) is 20.3. The molecule has 28 heavy (non-hydrogen) atoms. The number of benzene rings is 1. The van der Waals surface area contributed by atoms with E-state index in [0.717, 1.165) is 17.0 Å². The Kier molecular flexibility index (Phi) is 5.72. The molecule has 1 aromatic carbocycles. The van der Waals surface area contributed by atoms with Crippen molar-refractivity contribution < 1.29 is 9.53 Å². The van der Waals surface area contributed by atoms with E-state index in [9.17, 15) is 4.79 Å². The summed E-state index contributed by atoms with van der Waals surface area (Å²) in [6.45, 7) is 8.64.